The van der Waals surface area contributed by atoms with Crippen molar-refractivity contribution in [3.8, 4) is 0 Å². The van der Waals surface area contributed by atoms with Crippen molar-refractivity contribution in [2.45, 2.75) is 45.3 Å². The maximum absolute atomic E-state index is 13.9. The van der Waals surface area contributed by atoms with Crippen LogP contribution in [-0.4, -0.2) is 23.5 Å². The number of nitrogens with two attached hydrogens (primary N) is 1. The van der Waals surface area contributed by atoms with Crippen LogP contribution in [0, 0.1) is 12.7 Å². The lowest BCUT2D eigenvalue weighted by molar-refractivity contribution is 0.194. The Morgan fingerprint density at radius 1 is 1.41 bits per heavy atom. The van der Waals surface area contributed by atoms with Crippen LogP contribution in [0.3, 0.4) is 0 Å². The number of halogens is 1. The molecular formula is C14H21FN2. The highest BCUT2D eigenvalue weighted by Crippen LogP contribution is 2.34. The van der Waals surface area contributed by atoms with Gasteiger partial charge >= 0.3 is 0 Å². The summed E-state index contributed by atoms with van der Waals surface area (Å²) in [6.07, 6.45) is 0.941. The molecule has 0 aliphatic carbocycles. The number of nitrogens with zero attached hydrogens (tertiary/aromatic N) is 1. The average molecular weight is 236 g/mol. The zero-order valence-corrected chi connectivity index (χ0v) is 10.8. The molecule has 1 aliphatic rings. The Hall–Kier alpha value is -0.930. The van der Waals surface area contributed by atoms with E-state index in [0.29, 0.717) is 6.04 Å². The summed E-state index contributed by atoms with van der Waals surface area (Å²) >= 11 is 0. The molecular weight excluding hydrogens is 215 g/mol. The Labute approximate surface area is 103 Å². The Balaban J connectivity index is 2.39. The third kappa shape index (κ3) is 2.35. The van der Waals surface area contributed by atoms with Gasteiger partial charge in [-0.1, -0.05) is 17.7 Å². The van der Waals surface area contributed by atoms with E-state index in [9.17, 15) is 4.39 Å². The standard InChI is InChI=1S/C14H21FN2/c1-9(2)17-7-6-13(16)14(17)11-8-10(3)4-5-12(11)15/h4-5,8-9,13-14H,6-7,16H2,1-3H3. The van der Waals surface area contributed by atoms with Gasteiger partial charge in [0.05, 0.1) is 6.04 Å². The zero-order valence-electron chi connectivity index (χ0n) is 10.8. The number of hydrogen-bond acceptors (Lipinski definition) is 2. The zero-order chi connectivity index (χ0) is 12.6. The minimum Gasteiger partial charge on any atom is -0.326 e. The van der Waals surface area contributed by atoms with Crippen LogP contribution in [0.1, 0.15) is 37.4 Å². The van der Waals surface area contributed by atoms with E-state index < -0.39 is 0 Å². The molecule has 0 amide bonds. The van der Waals surface area contributed by atoms with Crippen molar-refractivity contribution in [1.82, 2.24) is 4.90 Å². The SMILES string of the molecule is Cc1ccc(F)c(C2C(N)CCN2C(C)C)c1. The Kier molecular flexibility index (Phi) is 3.50. The van der Waals surface area contributed by atoms with Crippen LogP contribution in [0.2, 0.25) is 0 Å². The lowest BCUT2D eigenvalue weighted by atomic mass is 9.98. The van der Waals surface area contributed by atoms with Crippen molar-refractivity contribution in [2.24, 2.45) is 5.73 Å². The maximum atomic E-state index is 13.9. The van der Waals surface area contributed by atoms with Gasteiger partial charge in [-0.3, -0.25) is 4.90 Å². The van der Waals surface area contributed by atoms with E-state index in [1.807, 2.05) is 13.0 Å². The van der Waals surface area contributed by atoms with E-state index in [1.54, 1.807) is 12.1 Å². The summed E-state index contributed by atoms with van der Waals surface area (Å²) in [5.41, 5.74) is 7.99. The van der Waals surface area contributed by atoms with Crippen LogP contribution in [0.5, 0.6) is 0 Å². The Morgan fingerprint density at radius 3 is 2.76 bits per heavy atom. The fourth-order valence-corrected chi connectivity index (χ4v) is 2.72. The van der Waals surface area contributed by atoms with Crippen LogP contribution >= 0.6 is 0 Å². The van der Waals surface area contributed by atoms with E-state index in [-0.39, 0.29) is 17.9 Å². The van der Waals surface area contributed by atoms with Gasteiger partial charge in [0.25, 0.3) is 0 Å². The van der Waals surface area contributed by atoms with Crippen molar-refractivity contribution >= 4 is 0 Å². The first-order chi connectivity index (χ1) is 8.00. The van der Waals surface area contributed by atoms with Gasteiger partial charge in [0.2, 0.25) is 0 Å². The van der Waals surface area contributed by atoms with Crippen molar-refractivity contribution in [1.29, 1.82) is 0 Å². The molecule has 0 saturated carbocycles. The van der Waals surface area contributed by atoms with E-state index in [4.69, 9.17) is 5.73 Å². The number of benzene rings is 1. The number of hydrogen-bond donors (Lipinski definition) is 1. The Morgan fingerprint density at radius 2 is 2.12 bits per heavy atom. The summed E-state index contributed by atoms with van der Waals surface area (Å²) in [4.78, 5) is 2.29. The molecule has 0 spiro atoms. The molecule has 1 aromatic rings. The summed E-state index contributed by atoms with van der Waals surface area (Å²) in [6, 6.07) is 5.74. The molecule has 1 saturated heterocycles. The van der Waals surface area contributed by atoms with Crippen molar-refractivity contribution in [2.75, 3.05) is 6.54 Å². The molecule has 2 N–H and O–H groups in total. The molecule has 3 heteroatoms. The minimum absolute atomic E-state index is 0.0231. The second-order valence-electron chi connectivity index (χ2n) is 5.25. The summed E-state index contributed by atoms with van der Waals surface area (Å²) in [5.74, 6) is -0.136. The molecule has 1 aliphatic heterocycles. The summed E-state index contributed by atoms with van der Waals surface area (Å²) in [7, 11) is 0. The first-order valence-electron chi connectivity index (χ1n) is 6.28. The van der Waals surface area contributed by atoms with Crippen LogP contribution in [0.25, 0.3) is 0 Å². The summed E-state index contributed by atoms with van der Waals surface area (Å²) < 4.78 is 13.9. The summed E-state index contributed by atoms with van der Waals surface area (Å²) in [5, 5.41) is 0. The predicted octanol–water partition coefficient (Wildman–Crippen LogP) is 2.62. The molecule has 0 aromatic heterocycles. The van der Waals surface area contributed by atoms with Crippen LogP contribution < -0.4 is 5.73 Å². The first kappa shape index (κ1) is 12.5. The van der Waals surface area contributed by atoms with Gasteiger partial charge in [-0.15, -0.1) is 0 Å². The molecule has 2 nitrogen and oxygen atoms in total. The van der Waals surface area contributed by atoms with E-state index in [1.165, 1.54) is 0 Å². The van der Waals surface area contributed by atoms with Gasteiger partial charge in [-0.25, -0.2) is 4.39 Å². The minimum atomic E-state index is -0.136. The topological polar surface area (TPSA) is 29.3 Å². The molecule has 1 aromatic carbocycles. The third-order valence-corrected chi connectivity index (χ3v) is 3.62. The normalized spacial score (nSPS) is 25.8. The largest absolute Gasteiger partial charge is 0.326 e. The molecule has 17 heavy (non-hydrogen) atoms. The highest BCUT2D eigenvalue weighted by Gasteiger charge is 2.35. The molecule has 2 unspecified atom stereocenters. The third-order valence-electron chi connectivity index (χ3n) is 3.62. The number of aryl methyl sites for hydroxylation is 1. The van der Waals surface area contributed by atoms with Crippen LogP contribution in [-0.2, 0) is 0 Å². The highest BCUT2D eigenvalue weighted by atomic mass is 19.1. The predicted molar refractivity (Wildman–Crippen MR) is 68.3 cm³/mol. The quantitative estimate of drug-likeness (QED) is 0.855. The van der Waals surface area contributed by atoms with Crippen LogP contribution in [0.4, 0.5) is 4.39 Å². The molecule has 2 rings (SSSR count). The molecule has 0 bridgehead atoms. The van der Waals surface area contributed by atoms with Crippen molar-refractivity contribution in [3.63, 3.8) is 0 Å². The second kappa shape index (κ2) is 4.75. The van der Waals surface area contributed by atoms with Crippen molar-refractivity contribution < 1.29 is 4.39 Å². The van der Waals surface area contributed by atoms with Gasteiger partial charge in [-0.2, -0.15) is 0 Å². The van der Waals surface area contributed by atoms with Gasteiger partial charge in [0, 0.05) is 24.2 Å². The van der Waals surface area contributed by atoms with Gasteiger partial charge in [0.15, 0.2) is 0 Å². The second-order valence-corrected chi connectivity index (χ2v) is 5.25. The van der Waals surface area contributed by atoms with Gasteiger partial charge < -0.3 is 5.73 Å². The lowest BCUT2D eigenvalue weighted by Crippen LogP contribution is -2.36. The lowest BCUT2D eigenvalue weighted by Gasteiger charge is -2.30. The fourth-order valence-electron chi connectivity index (χ4n) is 2.72. The van der Waals surface area contributed by atoms with E-state index in [0.717, 1.165) is 24.1 Å². The molecule has 1 fully saturated rings. The maximum Gasteiger partial charge on any atom is 0.128 e. The molecule has 94 valence electrons. The van der Waals surface area contributed by atoms with Crippen LogP contribution in [0.15, 0.2) is 18.2 Å². The first-order valence-corrected chi connectivity index (χ1v) is 6.28. The highest BCUT2D eigenvalue weighted by molar-refractivity contribution is 5.29. The number of likely N-dealkylation sites (tertiary alicyclic amines) is 1. The van der Waals surface area contributed by atoms with Gasteiger partial charge in [-0.05, 0) is 33.3 Å². The van der Waals surface area contributed by atoms with E-state index in [2.05, 4.69) is 18.7 Å². The summed E-state index contributed by atoms with van der Waals surface area (Å²) in [6.45, 7) is 7.22. The number of rotatable bonds is 2. The van der Waals surface area contributed by atoms with Gasteiger partial charge in [0.1, 0.15) is 5.82 Å². The van der Waals surface area contributed by atoms with E-state index >= 15 is 0 Å². The Bertz CT molecular complexity index is 403. The molecule has 0 radical (unpaired) electrons. The average Bonchev–Trinajstić information content (AvgIpc) is 2.64. The monoisotopic (exact) mass is 236 g/mol. The fraction of sp³-hybridized carbons (Fsp3) is 0.571. The smallest absolute Gasteiger partial charge is 0.128 e. The molecule has 1 heterocycles. The molecule has 2 atom stereocenters. The van der Waals surface area contributed by atoms with Crippen molar-refractivity contribution in [3.05, 3.63) is 35.1 Å².